The number of carbonyl (C=O) groups excluding carboxylic acids is 1. The van der Waals surface area contributed by atoms with Crippen LogP contribution in [0, 0.1) is 19.7 Å². The van der Waals surface area contributed by atoms with E-state index in [1.807, 2.05) is 26.0 Å². The Morgan fingerprint density at radius 3 is 2.34 bits per heavy atom. The second-order valence-electron chi connectivity index (χ2n) is 7.17. The van der Waals surface area contributed by atoms with Gasteiger partial charge in [-0.25, -0.2) is 22.5 Å². The molecule has 32 heavy (non-hydrogen) atoms. The SMILES string of the molecule is COc1cc(C(=O)NS(C)(=O)=O)c(F)cc1-c1cnc(Sc2cc(C)cc(C)c2)c(Cl)c1. The molecule has 0 unspecified atom stereocenters. The number of nitrogens with one attached hydrogen (secondary N) is 1. The van der Waals surface area contributed by atoms with E-state index in [0.717, 1.165) is 34.4 Å². The van der Waals surface area contributed by atoms with Crippen molar-refractivity contribution in [3.05, 3.63) is 70.1 Å². The fraction of sp³-hybridized carbons (Fsp3) is 0.182. The van der Waals surface area contributed by atoms with Crippen LogP contribution in [-0.4, -0.2) is 32.7 Å². The van der Waals surface area contributed by atoms with E-state index in [1.54, 1.807) is 10.8 Å². The first-order valence-corrected chi connectivity index (χ1v) is 12.4. The maximum absolute atomic E-state index is 14.7. The summed E-state index contributed by atoms with van der Waals surface area (Å²) in [5, 5.41) is 0.956. The lowest BCUT2D eigenvalue weighted by Crippen LogP contribution is -2.30. The molecule has 0 aliphatic carbocycles. The van der Waals surface area contributed by atoms with Gasteiger partial charge in [0, 0.05) is 22.2 Å². The van der Waals surface area contributed by atoms with E-state index in [4.69, 9.17) is 16.3 Å². The van der Waals surface area contributed by atoms with E-state index in [2.05, 4.69) is 11.1 Å². The summed E-state index contributed by atoms with van der Waals surface area (Å²) in [7, 11) is -2.49. The fourth-order valence-electron chi connectivity index (χ4n) is 3.10. The summed E-state index contributed by atoms with van der Waals surface area (Å²) >= 11 is 7.86. The number of hydrogen-bond donors (Lipinski definition) is 1. The minimum absolute atomic E-state index is 0.164. The van der Waals surface area contributed by atoms with Crippen LogP contribution in [0.25, 0.3) is 11.1 Å². The molecule has 6 nitrogen and oxygen atoms in total. The molecule has 1 heterocycles. The quantitative estimate of drug-likeness (QED) is 0.518. The van der Waals surface area contributed by atoms with Gasteiger partial charge >= 0.3 is 0 Å². The third-order valence-electron chi connectivity index (χ3n) is 4.34. The van der Waals surface area contributed by atoms with E-state index < -0.39 is 27.3 Å². The minimum atomic E-state index is -3.85. The van der Waals surface area contributed by atoms with Crippen LogP contribution < -0.4 is 9.46 Å². The van der Waals surface area contributed by atoms with E-state index in [-0.39, 0.29) is 5.75 Å². The van der Waals surface area contributed by atoms with Gasteiger partial charge in [-0.15, -0.1) is 0 Å². The highest BCUT2D eigenvalue weighted by molar-refractivity contribution is 7.99. The standard InChI is InChI=1S/C22H20ClFN2O4S2/c1-12-5-13(2)7-15(6-12)31-22-18(23)8-14(11-25-22)16-9-19(24)17(10-20(16)30-3)21(27)26-32(4,28)29/h5-11H,1-4H3,(H,26,27). The van der Waals surface area contributed by atoms with Crippen LogP contribution in [0.5, 0.6) is 5.75 Å². The van der Waals surface area contributed by atoms with Gasteiger partial charge in [-0.05, 0) is 55.3 Å². The lowest BCUT2D eigenvalue weighted by atomic mass is 10.0. The highest BCUT2D eigenvalue weighted by Crippen LogP contribution is 2.38. The Labute approximate surface area is 195 Å². The predicted molar refractivity (Wildman–Crippen MR) is 124 cm³/mol. The number of nitrogens with zero attached hydrogens (tertiary/aromatic N) is 1. The Hall–Kier alpha value is -2.62. The van der Waals surface area contributed by atoms with Crippen LogP contribution in [0.3, 0.4) is 0 Å². The number of amides is 1. The number of aryl methyl sites for hydroxylation is 2. The average molecular weight is 495 g/mol. The molecule has 1 amide bonds. The maximum atomic E-state index is 14.7. The Balaban J connectivity index is 1.96. The minimum Gasteiger partial charge on any atom is -0.496 e. The third-order valence-corrected chi connectivity index (χ3v) is 6.29. The summed E-state index contributed by atoms with van der Waals surface area (Å²) in [6.07, 6.45) is 2.34. The van der Waals surface area contributed by atoms with Gasteiger partial charge in [0.15, 0.2) is 0 Å². The molecule has 3 aromatic rings. The van der Waals surface area contributed by atoms with Gasteiger partial charge in [-0.1, -0.05) is 29.4 Å². The summed E-state index contributed by atoms with van der Waals surface area (Å²) in [6.45, 7) is 4.02. The van der Waals surface area contributed by atoms with Crippen LogP contribution in [0.2, 0.25) is 5.02 Å². The van der Waals surface area contributed by atoms with Crippen LogP contribution in [0.4, 0.5) is 4.39 Å². The van der Waals surface area contributed by atoms with E-state index in [0.29, 0.717) is 21.2 Å². The zero-order chi connectivity index (χ0) is 23.6. The number of aromatic nitrogens is 1. The lowest BCUT2D eigenvalue weighted by molar-refractivity contribution is 0.0977. The molecule has 0 spiro atoms. The van der Waals surface area contributed by atoms with Crippen molar-refractivity contribution in [2.75, 3.05) is 13.4 Å². The van der Waals surface area contributed by atoms with Gasteiger partial charge < -0.3 is 4.74 Å². The largest absolute Gasteiger partial charge is 0.496 e. The molecule has 1 aromatic heterocycles. The van der Waals surface area contributed by atoms with Crippen LogP contribution in [0.1, 0.15) is 21.5 Å². The highest BCUT2D eigenvalue weighted by Gasteiger charge is 2.20. The second-order valence-corrected chi connectivity index (χ2v) is 10.4. The molecule has 1 N–H and O–H groups in total. The monoisotopic (exact) mass is 494 g/mol. The molecule has 0 fully saturated rings. The third kappa shape index (κ3) is 5.79. The first-order valence-electron chi connectivity index (χ1n) is 9.28. The molecule has 10 heteroatoms. The smallest absolute Gasteiger partial charge is 0.267 e. The molecule has 0 bridgehead atoms. The number of sulfonamides is 1. The van der Waals surface area contributed by atoms with Gasteiger partial charge in [-0.3, -0.25) is 4.79 Å². The number of methoxy groups -OCH3 is 1. The molecule has 2 aromatic carbocycles. The Kier molecular flexibility index (Phi) is 7.12. The number of benzene rings is 2. The van der Waals surface area contributed by atoms with Crippen LogP contribution >= 0.6 is 23.4 Å². The normalized spacial score (nSPS) is 11.3. The molecule has 3 rings (SSSR count). The Morgan fingerprint density at radius 1 is 1.12 bits per heavy atom. The molecular weight excluding hydrogens is 475 g/mol. The zero-order valence-corrected chi connectivity index (χ0v) is 20.1. The van der Waals surface area contributed by atoms with Crippen molar-refractivity contribution in [3.8, 4) is 16.9 Å². The summed E-state index contributed by atoms with van der Waals surface area (Å²) in [4.78, 5) is 17.5. The number of rotatable bonds is 6. The summed E-state index contributed by atoms with van der Waals surface area (Å²) in [5.41, 5.74) is 2.59. The van der Waals surface area contributed by atoms with Crippen molar-refractivity contribution >= 4 is 39.3 Å². The van der Waals surface area contributed by atoms with Crippen molar-refractivity contribution < 1.29 is 22.3 Å². The molecule has 0 saturated heterocycles. The van der Waals surface area contributed by atoms with Gasteiger partial charge in [-0.2, -0.15) is 0 Å². The number of carbonyl (C=O) groups is 1. The Morgan fingerprint density at radius 2 is 1.78 bits per heavy atom. The summed E-state index contributed by atoms with van der Waals surface area (Å²) in [5.74, 6) is -1.84. The van der Waals surface area contributed by atoms with Crippen molar-refractivity contribution in [2.24, 2.45) is 0 Å². The van der Waals surface area contributed by atoms with Crippen molar-refractivity contribution in [3.63, 3.8) is 0 Å². The van der Waals surface area contributed by atoms with Gasteiger partial charge in [0.25, 0.3) is 5.91 Å². The molecule has 0 aliphatic rings. The number of halogens is 2. The van der Waals surface area contributed by atoms with Gasteiger partial charge in [0.05, 0.1) is 24.0 Å². The van der Waals surface area contributed by atoms with Crippen molar-refractivity contribution in [1.29, 1.82) is 0 Å². The number of hydrogen-bond acceptors (Lipinski definition) is 6. The molecule has 0 saturated carbocycles. The summed E-state index contributed by atoms with van der Waals surface area (Å²) in [6, 6.07) is 9.98. The molecule has 0 radical (unpaired) electrons. The second kappa shape index (κ2) is 9.48. The van der Waals surface area contributed by atoms with Gasteiger partial charge in [0.1, 0.15) is 16.6 Å². The fourth-order valence-corrected chi connectivity index (χ4v) is 4.80. The molecular formula is C22H20ClFN2O4S2. The van der Waals surface area contributed by atoms with Crippen molar-refractivity contribution in [2.45, 2.75) is 23.8 Å². The topological polar surface area (TPSA) is 85.4 Å². The Bertz CT molecular complexity index is 1290. The first kappa shape index (κ1) is 24.0. The molecule has 0 aliphatic heterocycles. The molecule has 168 valence electrons. The van der Waals surface area contributed by atoms with E-state index in [9.17, 15) is 17.6 Å². The number of pyridine rings is 1. The van der Waals surface area contributed by atoms with Crippen molar-refractivity contribution in [1.82, 2.24) is 9.71 Å². The maximum Gasteiger partial charge on any atom is 0.267 e. The molecule has 0 atom stereocenters. The van der Waals surface area contributed by atoms with E-state index in [1.165, 1.54) is 25.1 Å². The van der Waals surface area contributed by atoms with Crippen LogP contribution in [-0.2, 0) is 10.0 Å². The summed E-state index contributed by atoms with van der Waals surface area (Å²) < 4.78 is 44.3. The van der Waals surface area contributed by atoms with Gasteiger partial charge in [0.2, 0.25) is 10.0 Å². The van der Waals surface area contributed by atoms with Crippen LogP contribution in [0.15, 0.2) is 52.5 Å². The lowest BCUT2D eigenvalue weighted by Gasteiger charge is -2.13. The first-order chi connectivity index (χ1) is 15.0. The average Bonchev–Trinajstić information content (AvgIpc) is 2.67. The van der Waals surface area contributed by atoms with E-state index >= 15 is 0 Å². The predicted octanol–water partition coefficient (Wildman–Crippen LogP) is 5.01. The number of ether oxygens (including phenoxy) is 1. The zero-order valence-electron chi connectivity index (χ0n) is 17.7. The highest BCUT2D eigenvalue weighted by atomic mass is 35.5.